The van der Waals surface area contributed by atoms with Crippen LogP contribution in [0.4, 0.5) is 0 Å². The minimum Gasteiger partial charge on any atom is -0.367 e. The Kier molecular flexibility index (Phi) is 4.83. The molecule has 1 aliphatic carbocycles. The van der Waals surface area contributed by atoms with Gasteiger partial charge < -0.3 is 10.5 Å². The predicted octanol–water partition coefficient (Wildman–Crippen LogP) is 3.32. The maximum atomic E-state index is 6.28. The Balaban J connectivity index is 2.19. The van der Waals surface area contributed by atoms with Gasteiger partial charge in [-0.2, -0.15) is 0 Å². The van der Waals surface area contributed by atoms with Gasteiger partial charge >= 0.3 is 0 Å². The third-order valence-corrected chi connectivity index (χ3v) is 5.03. The van der Waals surface area contributed by atoms with E-state index in [1.54, 1.807) is 0 Å². The van der Waals surface area contributed by atoms with Crippen LogP contribution in [0, 0.1) is 0 Å². The van der Waals surface area contributed by atoms with Crippen LogP contribution < -0.4 is 5.73 Å². The zero-order chi connectivity index (χ0) is 14.9. The van der Waals surface area contributed by atoms with Crippen LogP contribution in [0.15, 0.2) is 0 Å². The monoisotopic (exact) mass is 282 g/mol. The standard InChI is InChI=1S/C17H34N2O/c1-15(2)13-19(14-16(3,4)20-15)17(12-18)10-8-6-5-7-9-11-17/h5-14,18H2,1-4H3. The Labute approximate surface area is 125 Å². The van der Waals surface area contributed by atoms with Crippen molar-refractivity contribution in [3.63, 3.8) is 0 Å². The molecule has 3 nitrogen and oxygen atoms in total. The molecule has 0 aromatic heterocycles. The summed E-state index contributed by atoms with van der Waals surface area (Å²) in [6.45, 7) is 11.7. The van der Waals surface area contributed by atoms with Gasteiger partial charge in [-0.05, 0) is 40.5 Å². The Morgan fingerprint density at radius 2 is 1.30 bits per heavy atom. The van der Waals surface area contributed by atoms with Crippen molar-refractivity contribution in [2.75, 3.05) is 19.6 Å². The van der Waals surface area contributed by atoms with Crippen LogP contribution in [0.2, 0.25) is 0 Å². The van der Waals surface area contributed by atoms with Gasteiger partial charge in [0.15, 0.2) is 0 Å². The highest BCUT2D eigenvalue weighted by Crippen LogP contribution is 2.37. The van der Waals surface area contributed by atoms with Crippen molar-refractivity contribution in [1.29, 1.82) is 0 Å². The van der Waals surface area contributed by atoms with Crippen LogP contribution in [0.3, 0.4) is 0 Å². The van der Waals surface area contributed by atoms with E-state index in [9.17, 15) is 0 Å². The fourth-order valence-electron chi connectivity index (χ4n) is 4.34. The lowest BCUT2D eigenvalue weighted by molar-refractivity contribution is -0.201. The number of hydrogen-bond acceptors (Lipinski definition) is 3. The number of nitrogens with two attached hydrogens (primary N) is 1. The molecular formula is C17H34N2O. The summed E-state index contributed by atoms with van der Waals surface area (Å²) >= 11 is 0. The topological polar surface area (TPSA) is 38.5 Å². The first-order valence-corrected chi connectivity index (χ1v) is 8.44. The number of morpholine rings is 1. The normalized spacial score (nSPS) is 30.4. The minimum absolute atomic E-state index is 0.0771. The van der Waals surface area contributed by atoms with Gasteiger partial charge in [0, 0.05) is 25.2 Å². The highest BCUT2D eigenvalue weighted by molar-refractivity contribution is 5.00. The molecule has 1 aliphatic heterocycles. The van der Waals surface area contributed by atoms with Gasteiger partial charge in [0.25, 0.3) is 0 Å². The maximum absolute atomic E-state index is 6.28. The molecule has 0 spiro atoms. The van der Waals surface area contributed by atoms with Gasteiger partial charge in [0.1, 0.15) is 0 Å². The molecule has 0 radical (unpaired) electrons. The van der Waals surface area contributed by atoms with E-state index in [0.717, 1.165) is 19.6 Å². The first-order chi connectivity index (χ1) is 9.29. The Morgan fingerprint density at radius 1 is 0.850 bits per heavy atom. The Bertz CT molecular complexity index is 301. The highest BCUT2D eigenvalue weighted by Gasteiger charge is 2.45. The second-order valence-electron chi connectivity index (χ2n) is 8.17. The zero-order valence-corrected chi connectivity index (χ0v) is 14.0. The number of nitrogens with zero attached hydrogens (tertiary/aromatic N) is 1. The third-order valence-electron chi connectivity index (χ3n) is 5.03. The SMILES string of the molecule is CC1(C)CN(C2(CN)CCCCCCC2)CC(C)(C)O1. The van der Waals surface area contributed by atoms with E-state index < -0.39 is 0 Å². The molecule has 0 unspecified atom stereocenters. The van der Waals surface area contributed by atoms with Crippen molar-refractivity contribution >= 4 is 0 Å². The molecule has 3 heteroatoms. The molecule has 2 N–H and O–H groups in total. The van der Waals surface area contributed by atoms with E-state index in [1.165, 1.54) is 44.9 Å². The average molecular weight is 282 g/mol. The molecule has 1 saturated heterocycles. The Morgan fingerprint density at radius 3 is 1.75 bits per heavy atom. The summed E-state index contributed by atoms with van der Waals surface area (Å²) < 4.78 is 6.25. The molecule has 2 aliphatic rings. The van der Waals surface area contributed by atoms with E-state index in [0.29, 0.717) is 0 Å². The molecule has 0 aromatic rings. The molecule has 0 bridgehead atoms. The van der Waals surface area contributed by atoms with Crippen molar-refractivity contribution in [1.82, 2.24) is 4.90 Å². The van der Waals surface area contributed by atoms with Gasteiger partial charge in [-0.3, -0.25) is 4.90 Å². The number of hydrogen-bond donors (Lipinski definition) is 1. The minimum atomic E-state index is -0.0771. The van der Waals surface area contributed by atoms with Crippen LogP contribution in [0.1, 0.15) is 72.6 Å². The molecule has 20 heavy (non-hydrogen) atoms. The second kappa shape index (κ2) is 5.94. The van der Waals surface area contributed by atoms with Crippen LogP contribution in [-0.4, -0.2) is 41.3 Å². The van der Waals surface area contributed by atoms with E-state index in [-0.39, 0.29) is 16.7 Å². The summed E-state index contributed by atoms with van der Waals surface area (Å²) in [5.74, 6) is 0. The highest BCUT2D eigenvalue weighted by atomic mass is 16.5. The van der Waals surface area contributed by atoms with Crippen LogP contribution in [0.25, 0.3) is 0 Å². The summed E-state index contributed by atoms with van der Waals surface area (Å²) in [5.41, 5.74) is 6.34. The zero-order valence-electron chi connectivity index (χ0n) is 14.0. The lowest BCUT2D eigenvalue weighted by Crippen LogP contribution is -2.66. The van der Waals surface area contributed by atoms with Crippen LogP contribution in [-0.2, 0) is 4.74 Å². The molecule has 2 rings (SSSR count). The van der Waals surface area contributed by atoms with Gasteiger partial charge in [0.05, 0.1) is 11.2 Å². The average Bonchev–Trinajstić information content (AvgIpc) is 2.25. The van der Waals surface area contributed by atoms with Gasteiger partial charge in [-0.15, -0.1) is 0 Å². The van der Waals surface area contributed by atoms with Crippen LogP contribution in [0.5, 0.6) is 0 Å². The van der Waals surface area contributed by atoms with Gasteiger partial charge in [0.2, 0.25) is 0 Å². The molecule has 0 amide bonds. The Hall–Kier alpha value is -0.120. The summed E-state index contributed by atoms with van der Waals surface area (Å²) in [5, 5.41) is 0. The first kappa shape index (κ1) is 16.3. The molecule has 2 fully saturated rings. The summed E-state index contributed by atoms with van der Waals surface area (Å²) in [6.07, 6.45) is 9.33. The maximum Gasteiger partial charge on any atom is 0.0761 e. The summed E-state index contributed by atoms with van der Waals surface area (Å²) in [6, 6.07) is 0. The first-order valence-electron chi connectivity index (χ1n) is 8.44. The van der Waals surface area contributed by atoms with E-state index in [2.05, 4.69) is 32.6 Å². The van der Waals surface area contributed by atoms with Crippen molar-refractivity contribution in [3.8, 4) is 0 Å². The molecule has 1 heterocycles. The number of rotatable bonds is 2. The van der Waals surface area contributed by atoms with Crippen molar-refractivity contribution in [2.45, 2.75) is 89.4 Å². The molecule has 118 valence electrons. The smallest absolute Gasteiger partial charge is 0.0761 e. The van der Waals surface area contributed by atoms with Crippen molar-refractivity contribution < 1.29 is 4.74 Å². The van der Waals surface area contributed by atoms with Crippen molar-refractivity contribution in [2.24, 2.45) is 5.73 Å². The predicted molar refractivity (Wildman–Crippen MR) is 84.9 cm³/mol. The number of ether oxygens (including phenoxy) is 1. The molecule has 0 aromatic carbocycles. The molecule has 0 atom stereocenters. The van der Waals surface area contributed by atoms with Gasteiger partial charge in [-0.1, -0.05) is 32.1 Å². The van der Waals surface area contributed by atoms with E-state index in [4.69, 9.17) is 10.5 Å². The fourth-order valence-corrected chi connectivity index (χ4v) is 4.34. The quantitative estimate of drug-likeness (QED) is 0.844. The third kappa shape index (κ3) is 3.75. The summed E-state index contributed by atoms with van der Waals surface area (Å²) in [7, 11) is 0. The lowest BCUT2D eigenvalue weighted by Gasteiger charge is -2.55. The van der Waals surface area contributed by atoms with Gasteiger partial charge in [-0.25, -0.2) is 0 Å². The largest absolute Gasteiger partial charge is 0.367 e. The second-order valence-corrected chi connectivity index (χ2v) is 8.17. The molecular weight excluding hydrogens is 248 g/mol. The lowest BCUT2D eigenvalue weighted by atomic mass is 9.80. The van der Waals surface area contributed by atoms with Crippen molar-refractivity contribution in [3.05, 3.63) is 0 Å². The van der Waals surface area contributed by atoms with Crippen LogP contribution >= 0.6 is 0 Å². The summed E-state index contributed by atoms with van der Waals surface area (Å²) in [4.78, 5) is 2.67. The fraction of sp³-hybridized carbons (Fsp3) is 1.00. The molecule has 1 saturated carbocycles. The van der Waals surface area contributed by atoms with E-state index >= 15 is 0 Å². The van der Waals surface area contributed by atoms with E-state index in [1.807, 2.05) is 0 Å².